The molecule has 0 amide bonds. The third kappa shape index (κ3) is 2.08. The van der Waals surface area contributed by atoms with Crippen molar-refractivity contribution >= 4 is 44.2 Å². The second-order valence-electron chi connectivity index (χ2n) is 4.62. The van der Waals surface area contributed by atoms with Gasteiger partial charge in [0.05, 0.1) is 5.69 Å². The topological polar surface area (TPSA) is 12.0 Å². The lowest BCUT2D eigenvalue weighted by Crippen LogP contribution is -2.31. The first-order valence-corrected chi connectivity index (χ1v) is 6.57. The molecule has 1 aromatic rings. The van der Waals surface area contributed by atoms with E-state index in [4.69, 9.17) is 0 Å². The fourth-order valence-corrected chi connectivity index (χ4v) is 3.68. The Balaban J connectivity index is 2.47. The molecule has 3 heteroatoms. The van der Waals surface area contributed by atoms with Gasteiger partial charge in [0, 0.05) is 14.6 Å². The Morgan fingerprint density at radius 3 is 2.86 bits per heavy atom. The van der Waals surface area contributed by atoms with Crippen molar-refractivity contribution in [2.45, 2.75) is 20.3 Å². The number of hydrogen-bond donors (Lipinski definition) is 1. The van der Waals surface area contributed by atoms with Crippen LogP contribution in [0.15, 0.2) is 16.6 Å². The lowest BCUT2D eigenvalue weighted by molar-refractivity contribution is 0.379. The summed E-state index contributed by atoms with van der Waals surface area (Å²) in [6, 6.07) is 4.39. The van der Waals surface area contributed by atoms with Crippen molar-refractivity contribution in [1.82, 2.24) is 0 Å². The van der Waals surface area contributed by atoms with Crippen molar-refractivity contribution in [1.29, 1.82) is 0 Å². The quantitative estimate of drug-likeness (QED) is 0.684. The van der Waals surface area contributed by atoms with E-state index >= 15 is 0 Å². The van der Waals surface area contributed by atoms with E-state index in [1.165, 1.54) is 19.3 Å². The number of hydrogen-bond acceptors (Lipinski definition) is 1. The molecule has 1 aromatic carbocycles. The largest absolute Gasteiger partial charge is 0.383 e. The molecule has 0 atom stereocenters. The van der Waals surface area contributed by atoms with Gasteiger partial charge in [-0.1, -0.05) is 29.8 Å². The van der Waals surface area contributed by atoms with E-state index in [1.54, 1.807) is 0 Å². The third-order valence-corrected chi connectivity index (χ3v) is 3.86. The minimum absolute atomic E-state index is 0.372. The van der Waals surface area contributed by atoms with Crippen LogP contribution >= 0.6 is 38.5 Å². The maximum atomic E-state index is 3.55. The van der Waals surface area contributed by atoms with E-state index < -0.39 is 0 Å². The standard InChI is InChI=1S/C11H13BrIN/c1-11(2)5-7-3-8(12)4-9(13)10(7)14-6-11/h3-4,14H,5-6H2,1-2H3. The molecule has 1 aliphatic rings. The summed E-state index contributed by atoms with van der Waals surface area (Å²) in [5.74, 6) is 0. The summed E-state index contributed by atoms with van der Waals surface area (Å²) in [5.41, 5.74) is 3.13. The number of anilines is 1. The van der Waals surface area contributed by atoms with Crippen LogP contribution in [0.5, 0.6) is 0 Å². The van der Waals surface area contributed by atoms with Gasteiger partial charge in [0.15, 0.2) is 0 Å². The van der Waals surface area contributed by atoms with Gasteiger partial charge in [0.25, 0.3) is 0 Å². The van der Waals surface area contributed by atoms with Gasteiger partial charge in [-0.05, 0) is 52.1 Å². The maximum Gasteiger partial charge on any atom is 0.0509 e. The van der Waals surface area contributed by atoms with Crippen LogP contribution in [-0.4, -0.2) is 6.54 Å². The van der Waals surface area contributed by atoms with Crippen molar-refractivity contribution in [2.75, 3.05) is 11.9 Å². The van der Waals surface area contributed by atoms with Crippen molar-refractivity contribution in [3.05, 3.63) is 25.7 Å². The van der Waals surface area contributed by atoms with Gasteiger partial charge in [-0.3, -0.25) is 0 Å². The zero-order chi connectivity index (χ0) is 10.3. The molecule has 0 fully saturated rings. The predicted octanol–water partition coefficient (Wildman–Crippen LogP) is 4.05. The van der Waals surface area contributed by atoms with Gasteiger partial charge in [-0.15, -0.1) is 0 Å². The van der Waals surface area contributed by atoms with E-state index in [2.05, 4.69) is 69.8 Å². The molecule has 0 saturated carbocycles. The van der Waals surface area contributed by atoms with Gasteiger partial charge in [-0.2, -0.15) is 0 Å². The molecule has 0 bridgehead atoms. The highest BCUT2D eigenvalue weighted by atomic mass is 127. The Bertz CT molecular complexity index is 374. The summed E-state index contributed by atoms with van der Waals surface area (Å²) in [6.45, 7) is 5.67. The minimum atomic E-state index is 0.372. The fourth-order valence-electron chi connectivity index (χ4n) is 1.87. The van der Waals surface area contributed by atoms with Crippen molar-refractivity contribution in [3.8, 4) is 0 Å². The molecule has 2 rings (SSSR count). The van der Waals surface area contributed by atoms with Gasteiger partial charge >= 0.3 is 0 Å². The molecule has 1 aliphatic heterocycles. The van der Waals surface area contributed by atoms with Gasteiger partial charge < -0.3 is 5.32 Å². The van der Waals surface area contributed by atoms with Crippen molar-refractivity contribution < 1.29 is 0 Å². The molecule has 1 heterocycles. The summed E-state index contributed by atoms with van der Waals surface area (Å²) >= 11 is 5.93. The number of halogens is 2. The molecule has 0 saturated heterocycles. The van der Waals surface area contributed by atoms with E-state index in [1.807, 2.05) is 0 Å². The molecule has 14 heavy (non-hydrogen) atoms. The van der Waals surface area contributed by atoms with Crippen LogP contribution in [0.1, 0.15) is 19.4 Å². The SMILES string of the molecule is CC1(C)CNc2c(I)cc(Br)cc2C1. The Labute approximate surface area is 107 Å². The van der Waals surface area contributed by atoms with E-state index in [-0.39, 0.29) is 0 Å². The first-order valence-electron chi connectivity index (χ1n) is 4.70. The molecule has 1 N–H and O–H groups in total. The normalized spacial score (nSPS) is 18.6. The van der Waals surface area contributed by atoms with Crippen LogP contribution in [0.4, 0.5) is 5.69 Å². The summed E-state index contributed by atoms with van der Waals surface area (Å²) < 4.78 is 2.49. The molecule has 0 radical (unpaired) electrons. The van der Waals surface area contributed by atoms with Gasteiger partial charge in [-0.25, -0.2) is 0 Å². The van der Waals surface area contributed by atoms with Crippen molar-refractivity contribution in [2.24, 2.45) is 5.41 Å². The molecule has 76 valence electrons. The van der Waals surface area contributed by atoms with Crippen LogP contribution < -0.4 is 5.32 Å². The number of fused-ring (bicyclic) bond motifs is 1. The van der Waals surface area contributed by atoms with E-state index in [0.29, 0.717) is 5.41 Å². The lowest BCUT2D eigenvalue weighted by atomic mass is 9.82. The van der Waals surface area contributed by atoms with Gasteiger partial charge in [0.2, 0.25) is 0 Å². The molecule has 0 aromatic heterocycles. The summed E-state index contributed by atoms with van der Waals surface area (Å²) in [4.78, 5) is 0. The molecule has 1 nitrogen and oxygen atoms in total. The lowest BCUT2D eigenvalue weighted by Gasteiger charge is -2.33. The zero-order valence-electron chi connectivity index (χ0n) is 8.32. The Morgan fingerprint density at radius 2 is 2.14 bits per heavy atom. The summed E-state index contributed by atoms with van der Waals surface area (Å²) in [6.07, 6.45) is 1.16. The van der Waals surface area contributed by atoms with Crippen LogP contribution in [0, 0.1) is 8.99 Å². The highest BCUT2D eigenvalue weighted by Gasteiger charge is 2.26. The first kappa shape index (κ1) is 10.7. The molecular weight excluding hydrogens is 353 g/mol. The van der Waals surface area contributed by atoms with Crippen LogP contribution in [0.2, 0.25) is 0 Å². The second-order valence-corrected chi connectivity index (χ2v) is 6.69. The molecule has 0 aliphatic carbocycles. The highest BCUT2D eigenvalue weighted by Crippen LogP contribution is 2.36. The average Bonchev–Trinajstić information content (AvgIpc) is 2.00. The Hall–Kier alpha value is 0.230. The molecule has 0 unspecified atom stereocenters. The number of rotatable bonds is 0. The van der Waals surface area contributed by atoms with Crippen LogP contribution in [0.25, 0.3) is 0 Å². The van der Waals surface area contributed by atoms with E-state index in [9.17, 15) is 0 Å². The zero-order valence-corrected chi connectivity index (χ0v) is 12.1. The first-order chi connectivity index (χ1) is 6.48. The average molecular weight is 366 g/mol. The molecular formula is C11H13BrIN. The number of benzene rings is 1. The summed E-state index contributed by atoms with van der Waals surface area (Å²) in [7, 11) is 0. The maximum absolute atomic E-state index is 3.55. The number of nitrogens with one attached hydrogen (secondary N) is 1. The Morgan fingerprint density at radius 1 is 1.43 bits per heavy atom. The summed E-state index contributed by atoms with van der Waals surface area (Å²) in [5, 5.41) is 3.52. The second kappa shape index (κ2) is 3.67. The Kier molecular flexibility index (Phi) is 2.81. The third-order valence-electron chi connectivity index (χ3n) is 2.55. The fraction of sp³-hybridized carbons (Fsp3) is 0.455. The smallest absolute Gasteiger partial charge is 0.0509 e. The molecule has 0 spiro atoms. The van der Waals surface area contributed by atoms with Crippen molar-refractivity contribution in [3.63, 3.8) is 0 Å². The van der Waals surface area contributed by atoms with Crippen LogP contribution in [-0.2, 0) is 6.42 Å². The predicted molar refractivity (Wildman–Crippen MR) is 72.8 cm³/mol. The van der Waals surface area contributed by atoms with E-state index in [0.717, 1.165) is 13.0 Å². The minimum Gasteiger partial charge on any atom is -0.383 e. The van der Waals surface area contributed by atoms with Crippen LogP contribution in [0.3, 0.4) is 0 Å². The highest BCUT2D eigenvalue weighted by molar-refractivity contribution is 14.1. The monoisotopic (exact) mass is 365 g/mol. The van der Waals surface area contributed by atoms with Gasteiger partial charge in [0.1, 0.15) is 0 Å².